The van der Waals surface area contributed by atoms with Gasteiger partial charge in [0.15, 0.2) is 0 Å². The monoisotopic (exact) mass is 320 g/mol. The van der Waals surface area contributed by atoms with E-state index in [0.29, 0.717) is 11.1 Å². The van der Waals surface area contributed by atoms with Gasteiger partial charge in [0.1, 0.15) is 17.1 Å². The summed E-state index contributed by atoms with van der Waals surface area (Å²) in [7, 11) is 1.26. The summed E-state index contributed by atoms with van der Waals surface area (Å²) in [6, 6.07) is 19.5. The third-order valence-electron chi connectivity index (χ3n) is 3.82. The molecule has 0 unspecified atom stereocenters. The van der Waals surface area contributed by atoms with Crippen LogP contribution in [0.4, 0.5) is 0 Å². The topological polar surface area (TPSA) is 66.8 Å². The number of aromatic hydroxyl groups is 2. The predicted molar refractivity (Wildman–Crippen MR) is 92.0 cm³/mol. The average molecular weight is 320 g/mol. The first-order valence-corrected chi connectivity index (χ1v) is 7.41. The van der Waals surface area contributed by atoms with Crippen LogP contribution >= 0.6 is 0 Å². The van der Waals surface area contributed by atoms with Crippen LogP contribution in [0.5, 0.6) is 11.5 Å². The van der Waals surface area contributed by atoms with E-state index in [1.165, 1.54) is 13.2 Å². The first kappa shape index (κ1) is 15.6. The molecule has 3 aromatic carbocycles. The van der Waals surface area contributed by atoms with E-state index in [-0.39, 0.29) is 17.1 Å². The zero-order valence-corrected chi connectivity index (χ0v) is 13.1. The Balaban J connectivity index is 2.29. The second kappa shape index (κ2) is 6.46. The van der Waals surface area contributed by atoms with E-state index < -0.39 is 5.97 Å². The Morgan fingerprint density at radius 3 is 2.17 bits per heavy atom. The minimum atomic E-state index is -0.637. The van der Waals surface area contributed by atoms with Crippen LogP contribution in [0.1, 0.15) is 10.4 Å². The molecule has 0 aromatic heterocycles. The lowest BCUT2D eigenvalue weighted by atomic mass is 9.94. The maximum absolute atomic E-state index is 12.0. The molecule has 0 amide bonds. The average Bonchev–Trinajstić information content (AvgIpc) is 2.63. The van der Waals surface area contributed by atoms with Crippen molar-refractivity contribution >= 4 is 5.97 Å². The van der Waals surface area contributed by atoms with Gasteiger partial charge in [-0.25, -0.2) is 4.79 Å². The standard InChI is InChI=1S/C20H16O4/c1-24-20(23)17-12-14(13-7-3-2-4-8-13)11-16(19(17)22)15-9-5-6-10-18(15)21/h2-12,21-22H,1H3. The molecule has 2 N–H and O–H groups in total. The molecule has 0 radical (unpaired) electrons. The molecule has 0 heterocycles. The Labute approximate surface area is 139 Å². The number of benzene rings is 3. The summed E-state index contributed by atoms with van der Waals surface area (Å²) < 4.78 is 4.77. The van der Waals surface area contributed by atoms with E-state index >= 15 is 0 Å². The van der Waals surface area contributed by atoms with Gasteiger partial charge in [0.25, 0.3) is 0 Å². The van der Waals surface area contributed by atoms with Crippen LogP contribution in [0.2, 0.25) is 0 Å². The second-order valence-electron chi connectivity index (χ2n) is 5.29. The van der Waals surface area contributed by atoms with Crippen LogP contribution in [0.3, 0.4) is 0 Å². The van der Waals surface area contributed by atoms with Crippen LogP contribution in [0.25, 0.3) is 22.3 Å². The number of para-hydroxylation sites is 1. The van der Waals surface area contributed by atoms with E-state index in [0.717, 1.165) is 11.1 Å². The number of carbonyl (C=O) groups excluding carboxylic acids is 1. The van der Waals surface area contributed by atoms with Crippen molar-refractivity contribution in [3.63, 3.8) is 0 Å². The number of carbonyl (C=O) groups is 1. The van der Waals surface area contributed by atoms with Gasteiger partial charge in [-0.15, -0.1) is 0 Å². The fraction of sp³-hybridized carbons (Fsp3) is 0.0500. The summed E-state index contributed by atoms with van der Waals surface area (Å²) in [6.07, 6.45) is 0. The zero-order valence-electron chi connectivity index (χ0n) is 13.1. The highest BCUT2D eigenvalue weighted by Gasteiger charge is 2.20. The Morgan fingerprint density at radius 2 is 1.50 bits per heavy atom. The first-order valence-electron chi connectivity index (χ1n) is 7.41. The van der Waals surface area contributed by atoms with Gasteiger partial charge in [-0.1, -0.05) is 48.5 Å². The third kappa shape index (κ3) is 2.82. The summed E-state index contributed by atoms with van der Waals surface area (Å²) in [5.74, 6) is -0.834. The molecule has 0 aliphatic rings. The predicted octanol–water partition coefficient (Wildman–Crippen LogP) is 4.22. The summed E-state index contributed by atoms with van der Waals surface area (Å²) in [5.41, 5.74) is 2.50. The maximum atomic E-state index is 12.0. The van der Waals surface area contributed by atoms with Crippen molar-refractivity contribution in [1.82, 2.24) is 0 Å². The minimum absolute atomic E-state index is 0.0221. The molecular formula is C20H16O4. The van der Waals surface area contributed by atoms with Gasteiger partial charge in [0.2, 0.25) is 0 Å². The van der Waals surface area contributed by atoms with Crippen LogP contribution < -0.4 is 0 Å². The highest BCUT2D eigenvalue weighted by Crippen LogP contribution is 2.40. The van der Waals surface area contributed by atoms with Crippen LogP contribution in [-0.4, -0.2) is 23.3 Å². The van der Waals surface area contributed by atoms with Gasteiger partial charge in [0.05, 0.1) is 7.11 Å². The van der Waals surface area contributed by atoms with Gasteiger partial charge in [-0.3, -0.25) is 0 Å². The Morgan fingerprint density at radius 1 is 0.833 bits per heavy atom. The van der Waals surface area contributed by atoms with Crippen LogP contribution in [0, 0.1) is 0 Å². The molecule has 24 heavy (non-hydrogen) atoms. The number of esters is 1. The Bertz CT molecular complexity index is 885. The third-order valence-corrected chi connectivity index (χ3v) is 3.82. The first-order chi connectivity index (χ1) is 11.6. The quantitative estimate of drug-likeness (QED) is 0.709. The molecule has 0 aliphatic carbocycles. The molecule has 0 spiro atoms. The van der Waals surface area contributed by atoms with Crippen molar-refractivity contribution in [2.24, 2.45) is 0 Å². The Kier molecular flexibility index (Phi) is 4.20. The fourth-order valence-electron chi connectivity index (χ4n) is 2.60. The van der Waals surface area contributed by atoms with Gasteiger partial charge in [0, 0.05) is 11.1 Å². The number of rotatable bonds is 3. The molecule has 0 bridgehead atoms. The molecule has 0 atom stereocenters. The van der Waals surface area contributed by atoms with Crippen LogP contribution in [-0.2, 0) is 4.74 Å². The molecule has 3 aromatic rings. The van der Waals surface area contributed by atoms with Gasteiger partial charge < -0.3 is 14.9 Å². The molecule has 0 saturated heterocycles. The van der Waals surface area contributed by atoms with E-state index in [2.05, 4.69) is 0 Å². The lowest BCUT2D eigenvalue weighted by molar-refractivity contribution is 0.0597. The molecule has 0 aliphatic heterocycles. The Hall–Kier alpha value is -3.27. The SMILES string of the molecule is COC(=O)c1cc(-c2ccccc2)cc(-c2ccccc2O)c1O. The smallest absolute Gasteiger partial charge is 0.341 e. The number of phenols is 2. The highest BCUT2D eigenvalue weighted by molar-refractivity contribution is 5.98. The number of phenolic OH excluding ortho intramolecular Hbond substituents is 2. The van der Waals surface area contributed by atoms with Crippen molar-refractivity contribution in [3.05, 3.63) is 72.3 Å². The maximum Gasteiger partial charge on any atom is 0.341 e. The fourth-order valence-corrected chi connectivity index (χ4v) is 2.60. The van der Waals surface area contributed by atoms with Crippen molar-refractivity contribution in [2.75, 3.05) is 7.11 Å². The van der Waals surface area contributed by atoms with E-state index in [1.54, 1.807) is 30.3 Å². The van der Waals surface area contributed by atoms with Gasteiger partial charge >= 0.3 is 5.97 Å². The van der Waals surface area contributed by atoms with Crippen LogP contribution in [0.15, 0.2) is 66.7 Å². The summed E-state index contributed by atoms with van der Waals surface area (Å²) in [4.78, 5) is 12.0. The largest absolute Gasteiger partial charge is 0.507 e. The molecule has 3 rings (SSSR count). The number of hydrogen-bond acceptors (Lipinski definition) is 4. The number of hydrogen-bond donors (Lipinski definition) is 2. The molecule has 0 fully saturated rings. The minimum Gasteiger partial charge on any atom is -0.507 e. The van der Waals surface area contributed by atoms with Crippen molar-refractivity contribution < 1.29 is 19.7 Å². The summed E-state index contributed by atoms with van der Waals surface area (Å²) in [5, 5.41) is 20.6. The normalized spacial score (nSPS) is 10.4. The highest BCUT2D eigenvalue weighted by atomic mass is 16.5. The van der Waals surface area contributed by atoms with Crippen molar-refractivity contribution in [2.45, 2.75) is 0 Å². The molecule has 4 nitrogen and oxygen atoms in total. The second-order valence-corrected chi connectivity index (χ2v) is 5.29. The van der Waals surface area contributed by atoms with Gasteiger partial charge in [-0.05, 0) is 29.3 Å². The number of methoxy groups -OCH3 is 1. The summed E-state index contributed by atoms with van der Waals surface area (Å²) >= 11 is 0. The van der Waals surface area contributed by atoms with Crippen molar-refractivity contribution in [3.8, 4) is 33.8 Å². The van der Waals surface area contributed by atoms with E-state index in [1.807, 2.05) is 30.3 Å². The lowest BCUT2D eigenvalue weighted by Gasteiger charge is -2.13. The zero-order chi connectivity index (χ0) is 17.1. The molecular weight excluding hydrogens is 304 g/mol. The molecule has 0 saturated carbocycles. The molecule has 4 heteroatoms. The van der Waals surface area contributed by atoms with Crippen molar-refractivity contribution in [1.29, 1.82) is 0 Å². The van der Waals surface area contributed by atoms with Gasteiger partial charge in [-0.2, -0.15) is 0 Å². The lowest BCUT2D eigenvalue weighted by Crippen LogP contribution is -2.03. The summed E-state index contributed by atoms with van der Waals surface area (Å²) in [6.45, 7) is 0. The van der Waals surface area contributed by atoms with E-state index in [9.17, 15) is 15.0 Å². The van der Waals surface area contributed by atoms with E-state index in [4.69, 9.17) is 4.74 Å². The number of ether oxygens (including phenoxy) is 1. The molecule has 120 valence electrons.